The summed E-state index contributed by atoms with van der Waals surface area (Å²) in [5, 5.41) is 2.74. The van der Waals surface area contributed by atoms with E-state index < -0.39 is 0 Å². The highest BCUT2D eigenvalue weighted by Gasteiger charge is 2.26. The van der Waals surface area contributed by atoms with Crippen molar-refractivity contribution in [1.29, 1.82) is 0 Å². The Balaban J connectivity index is 1.95. The molecule has 0 aliphatic carbocycles. The van der Waals surface area contributed by atoms with Gasteiger partial charge in [0.25, 0.3) is 0 Å². The Kier molecular flexibility index (Phi) is 3.03. The first-order chi connectivity index (χ1) is 8.74. The van der Waals surface area contributed by atoms with Crippen molar-refractivity contribution in [2.75, 3.05) is 19.8 Å². The van der Waals surface area contributed by atoms with Gasteiger partial charge in [-0.05, 0) is 33.6 Å². The van der Waals surface area contributed by atoms with Gasteiger partial charge in [-0.3, -0.25) is 0 Å². The fraction of sp³-hybridized carbons (Fsp3) is 0.417. The first-order valence-electron chi connectivity index (χ1n) is 5.76. The maximum absolute atomic E-state index is 11.1. The molecule has 1 fully saturated rings. The molecule has 0 spiro atoms. The number of nitrogens with one attached hydrogen (secondary N) is 1. The summed E-state index contributed by atoms with van der Waals surface area (Å²) >= 11 is 3.47. The third-order valence-corrected chi connectivity index (χ3v) is 3.49. The smallest absolute Gasteiger partial charge is 0.407 e. The van der Waals surface area contributed by atoms with Crippen LogP contribution in [0, 0.1) is 0 Å². The number of cyclic esters (lactones) is 1. The SMILES string of the molecule is O=C1NC(c2cc(Br)c3c(c2)OCCCO3)CO1. The molecule has 0 radical (unpaired) electrons. The molecule has 3 rings (SSSR count). The number of carbonyl (C=O) groups is 1. The number of hydrogen-bond donors (Lipinski definition) is 1. The molecule has 1 N–H and O–H groups in total. The predicted molar refractivity (Wildman–Crippen MR) is 67.0 cm³/mol. The molecule has 2 heterocycles. The van der Waals surface area contributed by atoms with Gasteiger partial charge in [-0.2, -0.15) is 0 Å². The molecule has 1 aromatic carbocycles. The fourth-order valence-corrected chi connectivity index (χ4v) is 2.59. The quantitative estimate of drug-likeness (QED) is 0.865. The number of fused-ring (bicyclic) bond motifs is 1. The van der Waals surface area contributed by atoms with Crippen molar-refractivity contribution in [3.05, 3.63) is 22.2 Å². The minimum Gasteiger partial charge on any atom is -0.490 e. The van der Waals surface area contributed by atoms with Gasteiger partial charge in [-0.1, -0.05) is 0 Å². The van der Waals surface area contributed by atoms with Crippen molar-refractivity contribution in [3.63, 3.8) is 0 Å². The molecular formula is C12H12BrNO4. The van der Waals surface area contributed by atoms with Crippen LogP contribution in [0.25, 0.3) is 0 Å². The number of ether oxygens (including phenoxy) is 3. The zero-order valence-corrected chi connectivity index (χ0v) is 11.2. The Labute approximate surface area is 113 Å². The molecule has 96 valence electrons. The first-order valence-corrected chi connectivity index (χ1v) is 6.55. The molecule has 2 aliphatic heterocycles. The van der Waals surface area contributed by atoms with E-state index >= 15 is 0 Å². The molecule has 1 aromatic rings. The Morgan fingerprint density at radius 2 is 2.06 bits per heavy atom. The van der Waals surface area contributed by atoms with Crippen molar-refractivity contribution >= 4 is 22.0 Å². The average molecular weight is 314 g/mol. The predicted octanol–water partition coefficient (Wildman–Crippen LogP) is 2.39. The van der Waals surface area contributed by atoms with E-state index in [0.29, 0.717) is 25.6 Å². The van der Waals surface area contributed by atoms with E-state index in [1.165, 1.54) is 0 Å². The Bertz CT molecular complexity index is 491. The Morgan fingerprint density at radius 1 is 1.22 bits per heavy atom. The second-order valence-corrected chi connectivity index (χ2v) is 5.03. The molecule has 2 aliphatic rings. The van der Waals surface area contributed by atoms with Crippen LogP contribution in [0.15, 0.2) is 16.6 Å². The number of carbonyl (C=O) groups excluding carboxylic acids is 1. The Morgan fingerprint density at radius 3 is 2.83 bits per heavy atom. The topological polar surface area (TPSA) is 56.8 Å². The van der Waals surface area contributed by atoms with Gasteiger partial charge in [0.2, 0.25) is 0 Å². The number of hydrogen-bond acceptors (Lipinski definition) is 4. The number of rotatable bonds is 1. The zero-order chi connectivity index (χ0) is 12.5. The number of alkyl carbamates (subject to hydrolysis) is 1. The lowest BCUT2D eigenvalue weighted by atomic mass is 10.1. The summed E-state index contributed by atoms with van der Waals surface area (Å²) in [7, 11) is 0. The zero-order valence-electron chi connectivity index (χ0n) is 9.57. The first kappa shape index (κ1) is 11.6. The van der Waals surface area contributed by atoms with E-state index in [1.807, 2.05) is 12.1 Å². The van der Waals surface area contributed by atoms with E-state index in [4.69, 9.17) is 14.2 Å². The highest BCUT2D eigenvalue weighted by molar-refractivity contribution is 9.10. The van der Waals surface area contributed by atoms with Gasteiger partial charge in [-0.25, -0.2) is 4.79 Å². The lowest BCUT2D eigenvalue weighted by Gasteiger charge is -2.14. The third-order valence-electron chi connectivity index (χ3n) is 2.90. The van der Waals surface area contributed by atoms with Gasteiger partial charge >= 0.3 is 6.09 Å². The Hall–Kier alpha value is -1.43. The van der Waals surface area contributed by atoms with Crippen LogP contribution in [0.5, 0.6) is 11.5 Å². The van der Waals surface area contributed by atoms with Crippen LogP contribution in [0.3, 0.4) is 0 Å². The van der Waals surface area contributed by atoms with Crippen LogP contribution in [-0.4, -0.2) is 25.9 Å². The summed E-state index contributed by atoms with van der Waals surface area (Å²) in [5.74, 6) is 1.43. The van der Waals surface area contributed by atoms with E-state index in [2.05, 4.69) is 21.2 Å². The molecule has 0 aromatic heterocycles. The van der Waals surface area contributed by atoms with Crippen molar-refractivity contribution in [2.24, 2.45) is 0 Å². The molecule has 1 atom stereocenters. The molecule has 18 heavy (non-hydrogen) atoms. The molecular weight excluding hydrogens is 302 g/mol. The largest absolute Gasteiger partial charge is 0.490 e. The van der Waals surface area contributed by atoms with Crippen molar-refractivity contribution in [3.8, 4) is 11.5 Å². The van der Waals surface area contributed by atoms with E-state index in [9.17, 15) is 4.79 Å². The minimum absolute atomic E-state index is 0.133. The van der Waals surface area contributed by atoms with Gasteiger partial charge in [-0.15, -0.1) is 0 Å². The summed E-state index contributed by atoms with van der Waals surface area (Å²) in [4.78, 5) is 11.1. The summed E-state index contributed by atoms with van der Waals surface area (Å²) in [6.45, 7) is 1.62. The number of benzene rings is 1. The van der Waals surface area contributed by atoms with Crippen LogP contribution in [0.1, 0.15) is 18.0 Å². The van der Waals surface area contributed by atoms with E-state index in [0.717, 1.165) is 22.2 Å². The van der Waals surface area contributed by atoms with Crippen molar-refractivity contribution < 1.29 is 19.0 Å². The van der Waals surface area contributed by atoms with Crippen LogP contribution in [0.4, 0.5) is 4.79 Å². The molecule has 5 nitrogen and oxygen atoms in total. The van der Waals surface area contributed by atoms with Gasteiger partial charge < -0.3 is 19.5 Å². The van der Waals surface area contributed by atoms with Gasteiger partial charge in [0, 0.05) is 6.42 Å². The van der Waals surface area contributed by atoms with Crippen LogP contribution < -0.4 is 14.8 Å². The van der Waals surface area contributed by atoms with E-state index in [1.54, 1.807) is 0 Å². The number of halogens is 1. The second-order valence-electron chi connectivity index (χ2n) is 4.18. The standard InChI is InChI=1S/C12H12BrNO4/c13-8-4-7(9-6-18-12(15)14-9)5-10-11(8)17-3-1-2-16-10/h4-5,9H,1-3,6H2,(H,14,15). The van der Waals surface area contributed by atoms with Crippen molar-refractivity contribution in [2.45, 2.75) is 12.5 Å². The average Bonchev–Trinajstić information content (AvgIpc) is 2.63. The van der Waals surface area contributed by atoms with Gasteiger partial charge in [0.05, 0.1) is 23.7 Å². The summed E-state index contributed by atoms with van der Waals surface area (Å²) < 4.78 is 17.0. The highest BCUT2D eigenvalue weighted by atomic mass is 79.9. The molecule has 0 saturated carbocycles. The van der Waals surface area contributed by atoms with E-state index in [-0.39, 0.29) is 12.1 Å². The second kappa shape index (κ2) is 4.68. The van der Waals surface area contributed by atoms with Crippen LogP contribution >= 0.6 is 15.9 Å². The molecule has 0 bridgehead atoms. The lowest BCUT2D eigenvalue weighted by Crippen LogP contribution is -2.18. The molecule has 1 amide bonds. The normalized spacial score (nSPS) is 22.1. The van der Waals surface area contributed by atoms with Crippen LogP contribution in [0.2, 0.25) is 0 Å². The van der Waals surface area contributed by atoms with Gasteiger partial charge in [0.15, 0.2) is 11.5 Å². The summed E-state index contributed by atoms with van der Waals surface area (Å²) in [6, 6.07) is 3.68. The minimum atomic E-state index is -0.386. The maximum atomic E-state index is 11.1. The number of amides is 1. The van der Waals surface area contributed by atoms with Gasteiger partial charge in [0.1, 0.15) is 6.61 Å². The molecule has 1 unspecified atom stereocenters. The third kappa shape index (κ3) is 2.12. The lowest BCUT2D eigenvalue weighted by molar-refractivity contribution is 0.177. The molecule has 6 heteroatoms. The monoisotopic (exact) mass is 313 g/mol. The summed E-state index contributed by atoms with van der Waals surface area (Å²) in [5.41, 5.74) is 0.942. The summed E-state index contributed by atoms with van der Waals surface area (Å²) in [6.07, 6.45) is 0.475. The highest BCUT2D eigenvalue weighted by Crippen LogP contribution is 2.39. The fourth-order valence-electron chi connectivity index (χ4n) is 2.02. The van der Waals surface area contributed by atoms with Crippen molar-refractivity contribution in [1.82, 2.24) is 5.32 Å². The van der Waals surface area contributed by atoms with Crippen LogP contribution in [-0.2, 0) is 4.74 Å². The molecule has 1 saturated heterocycles. The maximum Gasteiger partial charge on any atom is 0.407 e.